The lowest BCUT2D eigenvalue weighted by Crippen LogP contribution is -2.31. The van der Waals surface area contributed by atoms with Crippen LogP contribution in [-0.2, 0) is 28.9 Å². The van der Waals surface area contributed by atoms with Gasteiger partial charge in [0.25, 0.3) is 0 Å². The Hall–Kier alpha value is -1.47. The molecule has 0 fully saturated rings. The van der Waals surface area contributed by atoms with Crippen LogP contribution in [0, 0.1) is 5.82 Å². The highest BCUT2D eigenvalue weighted by Gasteiger charge is 2.15. The van der Waals surface area contributed by atoms with Crippen LogP contribution < -0.4 is 10.0 Å². The van der Waals surface area contributed by atoms with Crippen LogP contribution in [0.2, 0.25) is 5.02 Å². The van der Waals surface area contributed by atoms with Crippen LogP contribution in [0.3, 0.4) is 0 Å². The highest BCUT2D eigenvalue weighted by Crippen LogP contribution is 2.19. The maximum Gasteiger partial charge on any atom is 0.216 e. The van der Waals surface area contributed by atoms with Crippen LogP contribution in [0.5, 0.6) is 0 Å². The zero-order chi connectivity index (χ0) is 18.4. The molecule has 2 rings (SSSR count). The Morgan fingerprint density at radius 2 is 1.72 bits per heavy atom. The number of halogens is 2. The highest BCUT2D eigenvalue weighted by molar-refractivity contribution is 7.88. The van der Waals surface area contributed by atoms with E-state index in [1.165, 1.54) is 6.07 Å². The van der Waals surface area contributed by atoms with Crippen LogP contribution in [0.15, 0.2) is 42.5 Å². The van der Waals surface area contributed by atoms with Gasteiger partial charge < -0.3 is 5.32 Å². The van der Waals surface area contributed by atoms with Crippen LogP contribution in [0.4, 0.5) is 4.39 Å². The summed E-state index contributed by atoms with van der Waals surface area (Å²) in [5.41, 5.74) is 1.96. The molecule has 2 aromatic rings. The molecule has 0 radical (unpaired) electrons. The van der Waals surface area contributed by atoms with Crippen molar-refractivity contribution in [3.05, 3.63) is 70.0 Å². The number of hydrogen-bond acceptors (Lipinski definition) is 3. The average molecular weight is 385 g/mol. The molecule has 0 saturated heterocycles. The van der Waals surface area contributed by atoms with Gasteiger partial charge in [-0.1, -0.05) is 41.9 Å². The average Bonchev–Trinajstić information content (AvgIpc) is 2.50. The van der Waals surface area contributed by atoms with E-state index in [4.69, 9.17) is 11.6 Å². The monoisotopic (exact) mass is 384 g/mol. The first-order chi connectivity index (χ1) is 11.8. The molecule has 0 aromatic heterocycles. The second kappa shape index (κ2) is 8.76. The zero-order valence-corrected chi connectivity index (χ0v) is 15.8. The molecular formula is C18H22ClFN2O2S. The molecule has 0 saturated carbocycles. The van der Waals surface area contributed by atoms with Gasteiger partial charge in [-0.25, -0.2) is 17.5 Å². The lowest BCUT2D eigenvalue weighted by molar-refractivity contribution is 0.568. The number of hydrogen-bond donors (Lipinski definition) is 2. The molecule has 7 heteroatoms. The normalized spacial score (nSPS) is 11.9. The third-order valence-electron chi connectivity index (χ3n) is 3.56. The summed E-state index contributed by atoms with van der Waals surface area (Å²) in [6.45, 7) is 4.24. The van der Waals surface area contributed by atoms with Gasteiger partial charge in [-0.05, 0) is 37.1 Å². The van der Waals surface area contributed by atoms with Gasteiger partial charge in [-0.2, -0.15) is 0 Å². The van der Waals surface area contributed by atoms with Crippen LogP contribution in [0.25, 0.3) is 0 Å². The fourth-order valence-corrected chi connectivity index (χ4v) is 4.22. The highest BCUT2D eigenvalue weighted by atomic mass is 35.5. The fraction of sp³-hybridized carbons (Fsp3) is 0.333. The Kier molecular flexibility index (Phi) is 6.95. The summed E-state index contributed by atoms with van der Waals surface area (Å²) >= 11 is 6.01. The summed E-state index contributed by atoms with van der Waals surface area (Å²) < 4.78 is 40.7. The molecule has 0 heterocycles. The van der Waals surface area contributed by atoms with E-state index in [0.717, 1.165) is 5.56 Å². The fourth-order valence-electron chi connectivity index (χ4n) is 2.50. The zero-order valence-electron chi connectivity index (χ0n) is 14.2. The summed E-state index contributed by atoms with van der Waals surface area (Å²) in [5.74, 6) is -0.458. The molecule has 25 heavy (non-hydrogen) atoms. The minimum atomic E-state index is -3.41. The van der Waals surface area contributed by atoms with Gasteiger partial charge in [-0.15, -0.1) is 0 Å². The Balaban J connectivity index is 2.06. The number of benzene rings is 2. The van der Waals surface area contributed by atoms with Crippen molar-refractivity contribution >= 4 is 21.6 Å². The van der Waals surface area contributed by atoms with E-state index >= 15 is 0 Å². The van der Waals surface area contributed by atoms with Gasteiger partial charge in [0.15, 0.2) is 0 Å². The van der Waals surface area contributed by atoms with Crippen LogP contribution in [0.1, 0.15) is 30.5 Å². The Bertz CT molecular complexity index is 805. The van der Waals surface area contributed by atoms with Crippen molar-refractivity contribution in [3.63, 3.8) is 0 Å². The third kappa shape index (κ3) is 6.08. The Labute approximate surface area is 153 Å². The van der Waals surface area contributed by atoms with E-state index < -0.39 is 10.0 Å². The second-order valence-electron chi connectivity index (χ2n) is 6.10. The summed E-state index contributed by atoms with van der Waals surface area (Å²) in [4.78, 5) is 0. The van der Waals surface area contributed by atoms with Crippen molar-refractivity contribution < 1.29 is 12.8 Å². The molecule has 0 aliphatic rings. The number of nitrogens with one attached hydrogen (secondary N) is 2. The van der Waals surface area contributed by atoms with Crippen molar-refractivity contribution in [2.24, 2.45) is 0 Å². The second-order valence-corrected chi connectivity index (χ2v) is 8.27. The summed E-state index contributed by atoms with van der Waals surface area (Å²) in [5, 5.41) is 3.49. The lowest BCUT2D eigenvalue weighted by Gasteiger charge is -2.14. The van der Waals surface area contributed by atoms with Gasteiger partial charge in [-0.3, -0.25) is 0 Å². The first-order valence-electron chi connectivity index (χ1n) is 7.99. The molecule has 2 N–H and O–H groups in total. The molecule has 0 spiro atoms. The summed E-state index contributed by atoms with van der Waals surface area (Å²) in [7, 11) is -3.41. The molecule has 0 atom stereocenters. The topological polar surface area (TPSA) is 58.2 Å². The first-order valence-corrected chi connectivity index (χ1v) is 10.0. The van der Waals surface area contributed by atoms with Crippen molar-refractivity contribution in [1.82, 2.24) is 10.0 Å². The molecule has 0 unspecified atom stereocenters. The Morgan fingerprint density at radius 1 is 1.04 bits per heavy atom. The third-order valence-corrected chi connectivity index (χ3v) is 5.43. The number of sulfonamides is 1. The maximum atomic E-state index is 13.8. The largest absolute Gasteiger partial charge is 0.308 e. The maximum absolute atomic E-state index is 13.8. The summed E-state index contributed by atoms with van der Waals surface area (Å²) in [6.07, 6.45) is 0. The van der Waals surface area contributed by atoms with Crippen molar-refractivity contribution in [2.75, 3.05) is 0 Å². The van der Waals surface area contributed by atoms with Crippen LogP contribution >= 0.6 is 11.6 Å². The molecule has 0 bridgehead atoms. The molecule has 4 nitrogen and oxygen atoms in total. The van der Waals surface area contributed by atoms with Gasteiger partial charge in [0.2, 0.25) is 10.0 Å². The molecular weight excluding hydrogens is 363 g/mol. The van der Waals surface area contributed by atoms with Gasteiger partial charge in [0, 0.05) is 29.7 Å². The predicted octanol–water partition coefficient (Wildman–Crippen LogP) is 3.60. The van der Waals surface area contributed by atoms with E-state index in [9.17, 15) is 12.8 Å². The van der Waals surface area contributed by atoms with E-state index in [2.05, 4.69) is 10.0 Å². The van der Waals surface area contributed by atoms with E-state index in [1.54, 1.807) is 38.1 Å². The molecule has 0 aliphatic heterocycles. The van der Waals surface area contributed by atoms with Crippen molar-refractivity contribution in [1.29, 1.82) is 0 Å². The van der Waals surface area contributed by atoms with E-state index in [0.29, 0.717) is 22.7 Å². The van der Waals surface area contributed by atoms with Crippen molar-refractivity contribution in [2.45, 2.75) is 38.7 Å². The molecule has 136 valence electrons. The predicted molar refractivity (Wildman–Crippen MR) is 99.3 cm³/mol. The smallest absolute Gasteiger partial charge is 0.216 e. The van der Waals surface area contributed by atoms with Crippen LogP contribution in [-0.4, -0.2) is 14.5 Å². The van der Waals surface area contributed by atoms with E-state index in [1.807, 2.05) is 12.1 Å². The molecule has 0 amide bonds. The Morgan fingerprint density at radius 3 is 2.36 bits per heavy atom. The van der Waals surface area contributed by atoms with Gasteiger partial charge >= 0.3 is 0 Å². The number of rotatable bonds is 8. The van der Waals surface area contributed by atoms with Crippen molar-refractivity contribution in [3.8, 4) is 0 Å². The quantitative estimate of drug-likeness (QED) is 0.731. The SMILES string of the molecule is CC(C)NS(=O)(=O)Cc1ccccc1CNCc1c(F)cccc1Cl. The minimum Gasteiger partial charge on any atom is -0.308 e. The standard InChI is InChI=1S/C18H22ClFN2O2S/c1-13(2)22-25(23,24)12-15-7-4-3-6-14(15)10-21-11-16-17(19)8-5-9-18(16)20/h3-9,13,21-22H,10-12H2,1-2H3. The molecule has 2 aromatic carbocycles. The van der Waals surface area contributed by atoms with Gasteiger partial charge in [0.1, 0.15) is 5.82 Å². The summed E-state index contributed by atoms with van der Waals surface area (Å²) in [6, 6.07) is 11.7. The molecule has 0 aliphatic carbocycles. The van der Waals surface area contributed by atoms with Gasteiger partial charge in [0.05, 0.1) is 5.75 Å². The minimum absolute atomic E-state index is 0.0938. The lowest BCUT2D eigenvalue weighted by atomic mass is 10.1. The van der Waals surface area contributed by atoms with E-state index in [-0.39, 0.29) is 24.2 Å². The first kappa shape index (κ1) is 19.8.